The molecular formula is C13H11N5O3S3. The first-order valence-corrected chi connectivity index (χ1v) is 9.42. The van der Waals surface area contributed by atoms with Gasteiger partial charge >= 0.3 is 0 Å². The highest BCUT2D eigenvalue weighted by molar-refractivity contribution is 8.01. The summed E-state index contributed by atoms with van der Waals surface area (Å²) in [6, 6.07) is 7.39. The van der Waals surface area contributed by atoms with E-state index in [-0.39, 0.29) is 17.4 Å². The van der Waals surface area contributed by atoms with Gasteiger partial charge in [0.15, 0.2) is 9.92 Å². The van der Waals surface area contributed by atoms with Crippen molar-refractivity contribution >= 4 is 62.9 Å². The summed E-state index contributed by atoms with van der Waals surface area (Å²) < 4.78 is 6.09. The molecule has 11 heteroatoms. The minimum absolute atomic E-state index is 0.121. The van der Waals surface area contributed by atoms with Gasteiger partial charge < -0.3 is 10.2 Å². The fraction of sp³-hybridized carbons (Fsp3) is 0.154. The summed E-state index contributed by atoms with van der Waals surface area (Å²) in [6.07, 6.45) is 0. The Bertz CT molecular complexity index is 845. The molecule has 124 valence electrons. The largest absolute Gasteiger partial charge is 0.431 e. The number of primary amides is 1. The summed E-state index contributed by atoms with van der Waals surface area (Å²) in [5.41, 5.74) is 6.49. The van der Waals surface area contributed by atoms with Crippen LogP contribution in [0.25, 0.3) is 11.1 Å². The first kappa shape index (κ1) is 16.7. The van der Waals surface area contributed by atoms with Crippen LogP contribution in [0.1, 0.15) is 0 Å². The molecule has 24 heavy (non-hydrogen) atoms. The topological polar surface area (TPSA) is 124 Å². The van der Waals surface area contributed by atoms with Crippen molar-refractivity contribution < 1.29 is 14.0 Å². The number of aromatic nitrogens is 3. The van der Waals surface area contributed by atoms with E-state index >= 15 is 0 Å². The van der Waals surface area contributed by atoms with E-state index in [1.54, 1.807) is 0 Å². The van der Waals surface area contributed by atoms with Gasteiger partial charge in [-0.3, -0.25) is 14.9 Å². The van der Waals surface area contributed by atoms with Crippen LogP contribution in [0.15, 0.2) is 38.2 Å². The number of anilines is 1. The Morgan fingerprint density at radius 2 is 2.04 bits per heavy atom. The number of hydrogen-bond acceptors (Lipinski definition) is 9. The highest BCUT2D eigenvalue weighted by atomic mass is 32.2. The lowest BCUT2D eigenvalue weighted by molar-refractivity contribution is -0.115. The zero-order valence-electron chi connectivity index (χ0n) is 12.1. The van der Waals surface area contributed by atoms with Crippen LogP contribution in [0.2, 0.25) is 0 Å². The summed E-state index contributed by atoms with van der Waals surface area (Å²) in [6.45, 7) is 0. The lowest BCUT2D eigenvalue weighted by Gasteiger charge is -1.98. The van der Waals surface area contributed by atoms with Crippen molar-refractivity contribution in [2.45, 2.75) is 9.56 Å². The number of rotatable bonds is 7. The Labute approximate surface area is 148 Å². The average molecular weight is 381 g/mol. The average Bonchev–Trinajstić information content (AvgIpc) is 3.17. The Morgan fingerprint density at radius 1 is 1.21 bits per heavy atom. The van der Waals surface area contributed by atoms with Crippen LogP contribution in [0.3, 0.4) is 0 Å². The number of nitrogens with one attached hydrogen (secondary N) is 1. The fourth-order valence-electron chi connectivity index (χ4n) is 1.65. The highest BCUT2D eigenvalue weighted by Gasteiger charge is 2.12. The van der Waals surface area contributed by atoms with E-state index in [9.17, 15) is 9.59 Å². The third-order valence-electron chi connectivity index (χ3n) is 2.59. The lowest BCUT2D eigenvalue weighted by Crippen LogP contribution is -2.13. The van der Waals surface area contributed by atoms with Crippen LogP contribution in [-0.2, 0) is 9.59 Å². The predicted molar refractivity (Wildman–Crippen MR) is 93.2 cm³/mol. The number of para-hydroxylation sites is 2. The van der Waals surface area contributed by atoms with Crippen LogP contribution < -0.4 is 11.1 Å². The summed E-state index contributed by atoms with van der Waals surface area (Å²) in [4.78, 5) is 26.9. The van der Waals surface area contributed by atoms with E-state index in [0.717, 1.165) is 5.52 Å². The van der Waals surface area contributed by atoms with Gasteiger partial charge in [0.1, 0.15) is 5.52 Å². The SMILES string of the molecule is NC(=O)CSc1nnc(NC(=O)CSc2nc3ccccc3o2)s1. The van der Waals surface area contributed by atoms with Crippen LogP contribution >= 0.6 is 34.9 Å². The van der Waals surface area contributed by atoms with Gasteiger partial charge in [0.2, 0.25) is 16.9 Å². The summed E-state index contributed by atoms with van der Waals surface area (Å²) in [5, 5.41) is 11.1. The van der Waals surface area contributed by atoms with Crippen molar-refractivity contribution in [2.24, 2.45) is 5.73 Å². The lowest BCUT2D eigenvalue weighted by atomic mass is 10.3. The molecular weight excluding hydrogens is 370 g/mol. The Balaban J connectivity index is 1.51. The molecule has 0 saturated carbocycles. The molecule has 0 bridgehead atoms. The number of oxazole rings is 1. The first-order valence-electron chi connectivity index (χ1n) is 6.63. The number of carbonyl (C=O) groups excluding carboxylic acids is 2. The Morgan fingerprint density at radius 3 is 2.83 bits per heavy atom. The van der Waals surface area contributed by atoms with E-state index in [1.807, 2.05) is 24.3 Å². The van der Waals surface area contributed by atoms with E-state index in [0.29, 0.717) is 20.3 Å². The zero-order valence-corrected chi connectivity index (χ0v) is 14.5. The number of thioether (sulfide) groups is 2. The van der Waals surface area contributed by atoms with E-state index < -0.39 is 5.91 Å². The molecule has 0 aliphatic rings. The van der Waals surface area contributed by atoms with Crippen molar-refractivity contribution in [3.05, 3.63) is 24.3 Å². The monoisotopic (exact) mass is 381 g/mol. The molecule has 1 aromatic carbocycles. The van der Waals surface area contributed by atoms with Crippen molar-refractivity contribution in [3.8, 4) is 0 Å². The van der Waals surface area contributed by atoms with E-state index in [1.165, 1.54) is 34.9 Å². The third-order valence-corrected chi connectivity index (χ3v) is 5.41. The molecule has 0 saturated heterocycles. The second kappa shape index (κ2) is 7.64. The molecule has 0 aliphatic carbocycles. The molecule has 3 aromatic rings. The number of carbonyl (C=O) groups is 2. The molecule has 0 fully saturated rings. The number of nitrogens with zero attached hydrogens (tertiary/aromatic N) is 3. The molecule has 0 atom stereocenters. The number of nitrogens with two attached hydrogens (primary N) is 1. The molecule has 8 nitrogen and oxygen atoms in total. The van der Waals surface area contributed by atoms with Gasteiger partial charge in [0.25, 0.3) is 5.22 Å². The summed E-state index contributed by atoms with van der Waals surface area (Å²) in [7, 11) is 0. The second-order valence-electron chi connectivity index (χ2n) is 4.41. The summed E-state index contributed by atoms with van der Waals surface area (Å²) >= 11 is 3.55. The van der Waals surface area contributed by atoms with Crippen LogP contribution in [0, 0.1) is 0 Å². The first-order chi connectivity index (χ1) is 11.6. The molecule has 2 heterocycles. The van der Waals surface area contributed by atoms with Gasteiger partial charge in [0.05, 0.1) is 11.5 Å². The van der Waals surface area contributed by atoms with Gasteiger partial charge in [-0.25, -0.2) is 4.98 Å². The van der Waals surface area contributed by atoms with Crippen molar-refractivity contribution in [1.82, 2.24) is 15.2 Å². The smallest absolute Gasteiger partial charge is 0.257 e. The van der Waals surface area contributed by atoms with Crippen molar-refractivity contribution in [2.75, 3.05) is 16.8 Å². The summed E-state index contributed by atoms with van der Waals surface area (Å²) in [5.74, 6) is -0.424. The number of amides is 2. The van der Waals surface area contributed by atoms with Crippen LogP contribution in [0.4, 0.5) is 5.13 Å². The molecule has 0 spiro atoms. The number of hydrogen-bond donors (Lipinski definition) is 2. The van der Waals surface area contributed by atoms with Gasteiger partial charge in [0, 0.05) is 0 Å². The number of fused-ring (bicyclic) bond motifs is 1. The quantitative estimate of drug-likeness (QED) is 0.470. The normalized spacial score (nSPS) is 10.8. The second-order valence-corrected chi connectivity index (χ2v) is 7.54. The molecule has 3 rings (SSSR count). The number of benzene rings is 1. The molecule has 0 unspecified atom stereocenters. The highest BCUT2D eigenvalue weighted by Crippen LogP contribution is 2.26. The van der Waals surface area contributed by atoms with Gasteiger partial charge in [-0.2, -0.15) is 0 Å². The molecule has 0 radical (unpaired) electrons. The molecule has 3 N–H and O–H groups in total. The van der Waals surface area contributed by atoms with Crippen LogP contribution in [0.5, 0.6) is 0 Å². The maximum Gasteiger partial charge on any atom is 0.257 e. The minimum Gasteiger partial charge on any atom is -0.431 e. The van der Waals surface area contributed by atoms with E-state index in [4.69, 9.17) is 10.2 Å². The van der Waals surface area contributed by atoms with Gasteiger partial charge in [-0.1, -0.05) is 47.0 Å². The van der Waals surface area contributed by atoms with E-state index in [2.05, 4.69) is 20.5 Å². The maximum atomic E-state index is 11.9. The third kappa shape index (κ3) is 4.46. The Kier molecular flexibility index (Phi) is 5.33. The predicted octanol–water partition coefficient (Wildman–Crippen LogP) is 1.99. The fourth-order valence-corrected chi connectivity index (χ4v) is 3.79. The van der Waals surface area contributed by atoms with Gasteiger partial charge in [-0.05, 0) is 12.1 Å². The standard InChI is InChI=1S/C13H11N5O3S3/c14-9(19)5-23-13-18-17-11(24-13)16-10(20)6-22-12-15-7-3-1-2-4-8(7)21-12/h1-4H,5-6H2,(H2,14,19)(H,16,17,20). The molecule has 2 amide bonds. The van der Waals surface area contributed by atoms with Crippen molar-refractivity contribution in [1.29, 1.82) is 0 Å². The van der Waals surface area contributed by atoms with Crippen molar-refractivity contribution in [3.63, 3.8) is 0 Å². The zero-order chi connectivity index (χ0) is 16.9. The molecule has 0 aliphatic heterocycles. The maximum absolute atomic E-state index is 11.9. The van der Waals surface area contributed by atoms with Gasteiger partial charge in [-0.15, -0.1) is 10.2 Å². The minimum atomic E-state index is -0.435. The molecule has 2 aromatic heterocycles. The van der Waals surface area contributed by atoms with Crippen LogP contribution in [-0.4, -0.2) is 38.5 Å². The Hall–Kier alpha value is -2.11.